The van der Waals surface area contributed by atoms with Gasteiger partial charge in [0.05, 0.1) is 11.3 Å². The number of anilines is 1. The van der Waals surface area contributed by atoms with Gasteiger partial charge in [0.25, 0.3) is 0 Å². The van der Waals surface area contributed by atoms with Crippen molar-refractivity contribution in [2.45, 2.75) is 65.5 Å². The lowest BCUT2D eigenvalue weighted by Crippen LogP contribution is -2.29. The third kappa shape index (κ3) is 4.12. The van der Waals surface area contributed by atoms with Crippen molar-refractivity contribution in [2.24, 2.45) is 0 Å². The number of nitrogens with one attached hydrogen (secondary N) is 1. The Morgan fingerprint density at radius 2 is 1.92 bits per heavy atom. The van der Waals surface area contributed by atoms with Gasteiger partial charge in [-0.25, -0.2) is 34.6 Å². The van der Waals surface area contributed by atoms with Gasteiger partial charge in [-0.3, -0.25) is 0 Å². The average Bonchev–Trinajstić information content (AvgIpc) is 3.49. The number of pyridine rings is 1. The van der Waals surface area contributed by atoms with Crippen LogP contribution < -0.4 is 5.32 Å². The van der Waals surface area contributed by atoms with Crippen LogP contribution in [0.5, 0.6) is 0 Å². The minimum atomic E-state index is 0.211. The Kier molecular flexibility index (Phi) is 5.86. The molecule has 0 aromatic carbocycles. The van der Waals surface area contributed by atoms with Gasteiger partial charge in [-0.2, -0.15) is 5.10 Å². The van der Waals surface area contributed by atoms with E-state index in [-0.39, 0.29) is 6.04 Å². The number of rotatable bonds is 6. The predicted octanol–water partition coefficient (Wildman–Crippen LogP) is 4.29. The van der Waals surface area contributed by atoms with E-state index in [1.165, 1.54) is 11.3 Å². The summed E-state index contributed by atoms with van der Waals surface area (Å²) in [5.41, 5.74) is 6.13. The van der Waals surface area contributed by atoms with E-state index in [2.05, 4.69) is 55.6 Å². The van der Waals surface area contributed by atoms with Crippen LogP contribution in [0.1, 0.15) is 55.9 Å². The van der Waals surface area contributed by atoms with Gasteiger partial charge in [-0.1, -0.05) is 19.9 Å². The SMILES string of the molecule is CCn1c(-c2cnc(C)nc2)nc2c(N[C@@H]3CCc4c(c(C(C)C)nn4-c4ccccn4)C3)ncnc21. The second kappa shape index (κ2) is 9.34. The fraction of sp³-hybridized carbons (Fsp3) is 0.370. The lowest BCUT2D eigenvalue weighted by atomic mass is 9.89. The van der Waals surface area contributed by atoms with Crippen molar-refractivity contribution in [1.29, 1.82) is 0 Å². The Bertz CT molecular complexity index is 1550. The molecule has 1 aliphatic rings. The maximum atomic E-state index is 4.99. The van der Waals surface area contributed by atoms with E-state index in [1.807, 2.05) is 48.4 Å². The summed E-state index contributed by atoms with van der Waals surface area (Å²) >= 11 is 0. The third-order valence-electron chi connectivity index (χ3n) is 6.94. The second-order valence-corrected chi connectivity index (χ2v) is 9.74. The Morgan fingerprint density at radius 3 is 2.65 bits per heavy atom. The Labute approximate surface area is 215 Å². The van der Waals surface area contributed by atoms with Gasteiger partial charge in [-0.15, -0.1) is 0 Å². The Hall–Kier alpha value is -4.21. The largest absolute Gasteiger partial charge is 0.365 e. The highest BCUT2D eigenvalue weighted by Gasteiger charge is 2.29. The van der Waals surface area contributed by atoms with Gasteiger partial charge in [-0.05, 0) is 56.7 Å². The molecule has 0 unspecified atom stereocenters. The third-order valence-corrected chi connectivity index (χ3v) is 6.94. The summed E-state index contributed by atoms with van der Waals surface area (Å²) in [4.78, 5) is 27.4. The van der Waals surface area contributed by atoms with Crippen molar-refractivity contribution in [3.63, 3.8) is 0 Å². The summed E-state index contributed by atoms with van der Waals surface area (Å²) < 4.78 is 4.12. The minimum Gasteiger partial charge on any atom is -0.365 e. The zero-order chi connectivity index (χ0) is 25.5. The number of hydrogen-bond acceptors (Lipinski definition) is 8. The van der Waals surface area contributed by atoms with Crippen molar-refractivity contribution in [1.82, 2.24) is 44.3 Å². The van der Waals surface area contributed by atoms with Gasteiger partial charge < -0.3 is 9.88 Å². The molecule has 10 heteroatoms. The van der Waals surface area contributed by atoms with E-state index < -0.39 is 0 Å². The molecule has 1 atom stereocenters. The van der Waals surface area contributed by atoms with Gasteiger partial charge in [0.1, 0.15) is 18.0 Å². The topological polar surface area (TPSA) is 112 Å². The van der Waals surface area contributed by atoms with Crippen LogP contribution in [-0.4, -0.2) is 50.3 Å². The first-order valence-corrected chi connectivity index (χ1v) is 12.8. The van der Waals surface area contributed by atoms with Crippen LogP contribution in [0.4, 0.5) is 5.82 Å². The van der Waals surface area contributed by atoms with Gasteiger partial charge in [0.2, 0.25) is 0 Å². The molecule has 1 aliphatic carbocycles. The normalized spacial score (nSPS) is 15.3. The first-order valence-electron chi connectivity index (χ1n) is 12.8. The number of fused-ring (bicyclic) bond motifs is 2. The Balaban J connectivity index is 1.34. The molecule has 0 saturated carbocycles. The standard InChI is InChI=1S/C27H30N10/c1-5-36-26(18-13-29-17(4)30-14-18)34-24-25(31-15-32-27(24)36)33-19-9-10-21-20(12-19)23(16(2)3)35-37(21)22-8-6-7-11-28-22/h6-8,11,13-16,19H,5,9-10,12H2,1-4H3,(H,31,32,33)/t19-/m1/s1. The number of imidazole rings is 1. The summed E-state index contributed by atoms with van der Waals surface area (Å²) in [6.07, 6.45) is 9.79. The van der Waals surface area contributed by atoms with Crippen LogP contribution in [0.15, 0.2) is 43.1 Å². The Morgan fingerprint density at radius 1 is 1.08 bits per heavy atom. The zero-order valence-electron chi connectivity index (χ0n) is 21.5. The molecule has 5 heterocycles. The summed E-state index contributed by atoms with van der Waals surface area (Å²) in [5.74, 6) is 3.47. The van der Waals surface area contributed by atoms with Crippen LogP contribution >= 0.6 is 0 Å². The van der Waals surface area contributed by atoms with Gasteiger partial charge in [0, 0.05) is 36.9 Å². The molecule has 188 valence electrons. The van der Waals surface area contributed by atoms with Crippen molar-refractivity contribution in [3.8, 4) is 17.2 Å². The number of aryl methyl sites for hydroxylation is 2. The molecule has 0 bridgehead atoms. The molecule has 0 radical (unpaired) electrons. The first kappa shape index (κ1) is 23.2. The van der Waals surface area contributed by atoms with Crippen LogP contribution in [-0.2, 0) is 19.4 Å². The van der Waals surface area contributed by atoms with Crippen LogP contribution in [0, 0.1) is 6.92 Å². The number of nitrogens with zero attached hydrogens (tertiary/aromatic N) is 9. The van der Waals surface area contributed by atoms with E-state index in [0.717, 1.165) is 71.5 Å². The molecule has 1 N–H and O–H groups in total. The zero-order valence-corrected chi connectivity index (χ0v) is 21.5. The van der Waals surface area contributed by atoms with E-state index in [1.54, 1.807) is 6.33 Å². The van der Waals surface area contributed by atoms with Crippen LogP contribution in [0.2, 0.25) is 0 Å². The highest BCUT2D eigenvalue weighted by Crippen LogP contribution is 2.33. The molecule has 5 aromatic rings. The average molecular weight is 495 g/mol. The van der Waals surface area contributed by atoms with Crippen molar-refractivity contribution < 1.29 is 0 Å². The van der Waals surface area contributed by atoms with E-state index >= 15 is 0 Å². The first-order chi connectivity index (χ1) is 18.0. The van der Waals surface area contributed by atoms with Crippen molar-refractivity contribution in [3.05, 3.63) is 65.9 Å². The summed E-state index contributed by atoms with van der Waals surface area (Å²) in [5, 5.41) is 8.69. The fourth-order valence-electron chi connectivity index (χ4n) is 5.16. The lowest BCUT2D eigenvalue weighted by Gasteiger charge is -2.25. The highest BCUT2D eigenvalue weighted by atomic mass is 15.3. The van der Waals surface area contributed by atoms with Crippen LogP contribution in [0.25, 0.3) is 28.4 Å². The number of hydrogen-bond donors (Lipinski definition) is 1. The summed E-state index contributed by atoms with van der Waals surface area (Å²) in [6.45, 7) is 9.09. The summed E-state index contributed by atoms with van der Waals surface area (Å²) in [6, 6.07) is 6.16. The quantitative estimate of drug-likeness (QED) is 0.372. The van der Waals surface area contributed by atoms with Gasteiger partial charge in [0.15, 0.2) is 22.8 Å². The summed E-state index contributed by atoms with van der Waals surface area (Å²) in [7, 11) is 0. The molecule has 0 aliphatic heterocycles. The maximum Gasteiger partial charge on any atom is 0.165 e. The molecule has 0 spiro atoms. The molecule has 10 nitrogen and oxygen atoms in total. The van der Waals surface area contributed by atoms with Crippen molar-refractivity contribution in [2.75, 3.05) is 5.32 Å². The predicted molar refractivity (Wildman–Crippen MR) is 142 cm³/mol. The smallest absolute Gasteiger partial charge is 0.165 e. The molecule has 5 aromatic heterocycles. The lowest BCUT2D eigenvalue weighted by molar-refractivity contribution is 0.588. The molecular formula is C27H30N10. The van der Waals surface area contributed by atoms with E-state index in [4.69, 9.17) is 10.1 Å². The minimum absolute atomic E-state index is 0.211. The molecule has 0 saturated heterocycles. The molecular weight excluding hydrogens is 464 g/mol. The fourth-order valence-corrected chi connectivity index (χ4v) is 5.16. The highest BCUT2D eigenvalue weighted by molar-refractivity contribution is 5.86. The van der Waals surface area contributed by atoms with Crippen molar-refractivity contribution >= 4 is 17.0 Å². The monoisotopic (exact) mass is 494 g/mol. The molecule has 0 fully saturated rings. The van der Waals surface area contributed by atoms with E-state index in [0.29, 0.717) is 5.92 Å². The molecule has 6 rings (SSSR count). The molecule has 0 amide bonds. The van der Waals surface area contributed by atoms with Crippen LogP contribution in [0.3, 0.4) is 0 Å². The number of aromatic nitrogens is 9. The second-order valence-electron chi connectivity index (χ2n) is 9.74. The molecule has 37 heavy (non-hydrogen) atoms. The van der Waals surface area contributed by atoms with E-state index in [9.17, 15) is 0 Å². The van der Waals surface area contributed by atoms with Gasteiger partial charge >= 0.3 is 0 Å². The maximum absolute atomic E-state index is 4.99.